The van der Waals surface area contributed by atoms with Crippen molar-refractivity contribution >= 4 is 17.5 Å². The zero-order valence-corrected chi connectivity index (χ0v) is 9.91. The van der Waals surface area contributed by atoms with E-state index in [0.717, 1.165) is 6.20 Å². The van der Waals surface area contributed by atoms with Crippen molar-refractivity contribution < 1.29 is 18.0 Å². The van der Waals surface area contributed by atoms with Crippen molar-refractivity contribution in [3.05, 3.63) is 17.7 Å². The van der Waals surface area contributed by atoms with Gasteiger partial charge in [-0.05, 0) is 13.8 Å². The van der Waals surface area contributed by atoms with E-state index in [1.807, 2.05) is 0 Å². The molecule has 0 bridgehead atoms. The topological polar surface area (TPSA) is 57.8 Å². The number of hydrogen-bond donors (Lipinski definition) is 2. The number of aromatic amines is 1. The lowest BCUT2D eigenvalue weighted by molar-refractivity contribution is -0.144. The van der Waals surface area contributed by atoms with Gasteiger partial charge in [-0.3, -0.25) is 4.79 Å². The highest BCUT2D eigenvalue weighted by Crippen LogP contribution is 2.28. The summed E-state index contributed by atoms with van der Waals surface area (Å²) in [7, 11) is 0. The molecule has 0 saturated heterocycles. The number of alkyl halides is 4. The molecule has 1 rings (SSSR count). The van der Waals surface area contributed by atoms with Crippen LogP contribution in [0, 0.1) is 0 Å². The second-order valence-corrected chi connectivity index (χ2v) is 4.22. The number of nitrogens with one attached hydrogen (secondary N) is 2. The van der Waals surface area contributed by atoms with Gasteiger partial charge in [0.15, 0.2) is 0 Å². The SMILES string of the molecule is CC(C)(NC(=O)CCl)c1cnc(C(F)(F)F)[nH]1. The molecule has 1 aromatic heterocycles. The highest BCUT2D eigenvalue weighted by Gasteiger charge is 2.36. The van der Waals surface area contributed by atoms with E-state index in [2.05, 4.69) is 15.3 Å². The average Bonchev–Trinajstić information content (AvgIpc) is 2.65. The van der Waals surface area contributed by atoms with E-state index in [1.165, 1.54) is 0 Å². The summed E-state index contributed by atoms with van der Waals surface area (Å²) in [6.45, 7) is 3.09. The Morgan fingerprint density at radius 2 is 2.12 bits per heavy atom. The minimum Gasteiger partial charge on any atom is -0.345 e. The molecule has 0 spiro atoms. The summed E-state index contributed by atoms with van der Waals surface area (Å²) < 4.78 is 36.9. The maximum absolute atomic E-state index is 12.3. The maximum atomic E-state index is 12.3. The number of amides is 1. The van der Waals surface area contributed by atoms with Crippen LogP contribution in [-0.2, 0) is 16.5 Å². The number of nitrogens with zero attached hydrogens (tertiary/aromatic N) is 1. The van der Waals surface area contributed by atoms with Crippen LogP contribution in [0.15, 0.2) is 6.20 Å². The molecule has 8 heteroatoms. The van der Waals surface area contributed by atoms with Gasteiger partial charge in [0.05, 0.1) is 17.4 Å². The van der Waals surface area contributed by atoms with Gasteiger partial charge in [0.1, 0.15) is 5.88 Å². The Labute approximate surface area is 101 Å². The van der Waals surface area contributed by atoms with Gasteiger partial charge >= 0.3 is 6.18 Å². The second-order valence-electron chi connectivity index (χ2n) is 3.95. The van der Waals surface area contributed by atoms with Gasteiger partial charge in [0.2, 0.25) is 11.7 Å². The number of halogens is 4. The van der Waals surface area contributed by atoms with Gasteiger partial charge < -0.3 is 10.3 Å². The first-order valence-electron chi connectivity index (χ1n) is 4.66. The third kappa shape index (κ3) is 3.36. The number of H-pyrrole nitrogens is 1. The van der Waals surface area contributed by atoms with Gasteiger partial charge in [-0.25, -0.2) is 4.98 Å². The quantitative estimate of drug-likeness (QED) is 0.825. The molecule has 0 fully saturated rings. The molecule has 0 radical (unpaired) electrons. The molecule has 17 heavy (non-hydrogen) atoms. The van der Waals surface area contributed by atoms with Crippen LogP contribution in [0.5, 0.6) is 0 Å². The Morgan fingerprint density at radius 1 is 1.53 bits per heavy atom. The maximum Gasteiger partial charge on any atom is 0.449 e. The van der Waals surface area contributed by atoms with E-state index in [1.54, 1.807) is 13.8 Å². The zero-order valence-electron chi connectivity index (χ0n) is 9.15. The first-order valence-corrected chi connectivity index (χ1v) is 5.20. The Hall–Kier alpha value is -1.24. The fraction of sp³-hybridized carbons (Fsp3) is 0.556. The molecule has 96 valence electrons. The molecule has 0 saturated carbocycles. The fourth-order valence-electron chi connectivity index (χ4n) is 1.23. The second kappa shape index (κ2) is 4.56. The lowest BCUT2D eigenvalue weighted by Gasteiger charge is -2.24. The van der Waals surface area contributed by atoms with Crippen molar-refractivity contribution in [2.45, 2.75) is 25.6 Å². The van der Waals surface area contributed by atoms with Crippen molar-refractivity contribution in [2.24, 2.45) is 0 Å². The Balaban J connectivity index is 2.92. The lowest BCUT2D eigenvalue weighted by Crippen LogP contribution is -2.42. The Kier molecular flexibility index (Phi) is 3.71. The summed E-state index contributed by atoms with van der Waals surface area (Å²) in [5.74, 6) is -1.83. The first kappa shape index (κ1) is 13.8. The van der Waals surface area contributed by atoms with Crippen LogP contribution in [0.2, 0.25) is 0 Å². The van der Waals surface area contributed by atoms with E-state index in [-0.39, 0.29) is 11.6 Å². The van der Waals surface area contributed by atoms with Crippen molar-refractivity contribution in [3.63, 3.8) is 0 Å². The lowest BCUT2D eigenvalue weighted by atomic mass is 10.0. The number of carbonyl (C=O) groups is 1. The molecular formula is C9H11ClF3N3O. The number of imidazole rings is 1. The molecule has 2 N–H and O–H groups in total. The third-order valence-corrected chi connectivity index (χ3v) is 2.33. The molecule has 4 nitrogen and oxygen atoms in total. The Morgan fingerprint density at radius 3 is 2.53 bits per heavy atom. The third-order valence-electron chi connectivity index (χ3n) is 2.09. The molecule has 0 unspecified atom stereocenters. The molecule has 0 atom stereocenters. The average molecular weight is 270 g/mol. The molecular weight excluding hydrogens is 259 g/mol. The van der Waals surface area contributed by atoms with Gasteiger partial charge in [-0.2, -0.15) is 13.2 Å². The zero-order chi connectivity index (χ0) is 13.3. The van der Waals surface area contributed by atoms with Gasteiger partial charge in [-0.1, -0.05) is 0 Å². The van der Waals surface area contributed by atoms with Crippen LogP contribution in [0.3, 0.4) is 0 Å². The Bertz CT molecular complexity index is 414. The van der Waals surface area contributed by atoms with E-state index in [9.17, 15) is 18.0 Å². The largest absolute Gasteiger partial charge is 0.449 e. The summed E-state index contributed by atoms with van der Waals surface area (Å²) in [6.07, 6.45) is -3.50. The van der Waals surface area contributed by atoms with E-state index in [4.69, 9.17) is 11.6 Å². The monoisotopic (exact) mass is 269 g/mol. The summed E-state index contributed by atoms with van der Waals surface area (Å²) in [6, 6.07) is 0. The fourth-order valence-corrected chi connectivity index (χ4v) is 1.30. The molecule has 0 aromatic carbocycles. The smallest absolute Gasteiger partial charge is 0.345 e. The van der Waals surface area contributed by atoms with E-state index >= 15 is 0 Å². The van der Waals surface area contributed by atoms with Gasteiger partial charge in [0, 0.05) is 0 Å². The number of rotatable bonds is 3. The highest BCUT2D eigenvalue weighted by atomic mass is 35.5. The number of carbonyl (C=O) groups excluding carboxylic acids is 1. The summed E-state index contributed by atoms with van der Waals surface area (Å²) in [5.41, 5.74) is -0.842. The van der Waals surface area contributed by atoms with E-state index in [0.29, 0.717) is 0 Å². The predicted octanol–water partition coefficient (Wildman–Crippen LogP) is 2.02. The first-order chi connectivity index (χ1) is 7.66. The molecule has 0 aliphatic heterocycles. The van der Waals surface area contributed by atoms with Gasteiger partial charge in [-0.15, -0.1) is 11.6 Å². The van der Waals surface area contributed by atoms with E-state index < -0.39 is 23.4 Å². The van der Waals surface area contributed by atoms with Crippen LogP contribution < -0.4 is 5.32 Å². The standard InChI is InChI=1S/C9H11ClF3N3O/c1-8(2,16-6(17)3-10)5-4-14-7(15-5)9(11,12)13/h4H,3H2,1-2H3,(H,14,15)(H,16,17). The van der Waals surface area contributed by atoms with Crippen molar-refractivity contribution in [3.8, 4) is 0 Å². The molecule has 1 heterocycles. The van der Waals surface area contributed by atoms with Crippen molar-refractivity contribution in [2.75, 3.05) is 5.88 Å². The minimum absolute atomic E-state index is 0.156. The number of aromatic nitrogens is 2. The van der Waals surface area contributed by atoms with Crippen LogP contribution in [0.25, 0.3) is 0 Å². The molecule has 0 aliphatic carbocycles. The number of hydrogen-bond acceptors (Lipinski definition) is 2. The molecule has 1 amide bonds. The van der Waals surface area contributed by atoms with Crippen molar-refractivity contribution in [1.82, 2.24) is 15.3 Å². The van der Waals surface area contributed by atoms with Crippen LogP contribution in [-0.4, -0.2) is 21.8 Å². The minimum atomic E-state index is -4.54. The van der Waals surface area contributed by atoms with Crippen LogP contribution >= 0.6 is 11.6 Å². The van der Waals surface area contributed by atoms with Crippen molar-refractivity contribution in [1.29, 1.82) is 0 Å². The molecule has 1 aromatic rings. The highest BCUT2D eigenvalue weighted by molar-refractivity contribution is 6.27. The summed E-state index contributed by atoms with van der Waals surface area (Å²) in [5, 5.41) is 2.48. The summed E-state index contributed by atoms with van der Waals surface area (Å²) in [4.78, 5) is 16.5. The molecule has 0 aliphatic rings. The normalized spacial score (nSPS) is 12.6. The van der Waals surface area contributed by atoms with Gasteiger partial charge in [0.25, 0.3) is 0 Å². The van der Waals surface area contributed by atoms with Crippen LogP contribution in [0.1, 0.15) is 25.4 Å². The predicted molar refractivity (Wildman–Crippen MR) is 55.5 cm³/mol. The van der Waals surface area contributed by atoms with Crippen LogP contribution in [0.4, 0.5) is 13.2 Å². The summed E-state index contributed by atoms with van der Waals surface area (Å²) >= 11 is 5.31.